The van der Waals surface area contributed by atoms with E-state index in [2.05, 4.69) is 15.6 Å². The summed E-state index contributed by atoms with van der Waals surface area (Å²) in [7, 11) is 0. The Bertz CT molecular complexity index is 721. The van der Waals surface area contributed by atoms with Gasteiger partial charge in [0.1, 0.15) is 5.69 Å². The molecule has 132 valence electrons. The number of hydrogen-bond acceptors (Lipinski definition) is 3. The molecular weight excluding hydrogens is 331 g/mol. The number of hydrogen-bond donors (Lipinski definition) is 2. The van der Waals surface area contributed by atoms with E-state index in [0.717, 1.165) is 38.1 Å². The van der Waals surface area contributed by atoms with Gasteiger partial charge in [-0.15, -0.1) is 0 Å². The number of rotatable bonds is 3. The third kappa shape index (κ3) is 4.36. The zero-order valence-corrected chi connectivity index (χ0v) is 13.4. The van der Waals surface area contributed by atoms with Crippen LogP contribution in [0.5, 0.6) is 0 Å². The second kappa shape index (κ2) is 7.23. The van der Waals surface area contributed by atoms with Gasteiger partial charge in [0.2, 0.25) is 0 Å². The zero-order chi connectivity index (χ0) is 17.9. The lowest BCUT2D eigenvalue weighted by atomic mass is 9.92. The molecule has 3 rings (SSSR count). The number of aromatic nitrogens is 1. The van der Waals surface area contributed by atoms with Crippen molar-refractivity contribution in [2.24, 2.45) is 0 Å². The Kier molecular flexibility index (Phi) is 5.03. The van der Waals surface area contributed by atoms with E-state index >= 15 is 0 Å². The fourth-order valence-corrected chi connectivity index (χ4v) is 2.87. The van der Waals surface area contributed by atoms with Crippen molar-refractivity contribution in [3.8, 4) is 0 Å². The summed E-state index contributed by atoms with van der Waals surface area (Å²) in [5.41, 5.74) is 0.847. The summed E-state index contributed by atoms with van der Waals surface area (Å²) < 4.78 is 37.5. The molecule has 1 amide bonds. The van der Waals surface area contributed by atoms with Crippen molar-refractivity contribution in [3.63, 3.8) is 0 Å². The number of nitrogens with zero attached hydrogens (tertiary/aromatic N) is 1. The predicted molar refractivity (Wildman–Crippen MR) is 88.5 cm³/mol. The Morgan fingerprint density at radius 2 is 1.92 bits per heavy atom. The first-order chi connectivity index (χ1) is 11.9. The van der Waals surface area contributed by atoms with Gasteiger partial charge in [0.25, 0.3) is 5.91 Å². The highest BCUT2D eigenvalue weighted by atomic mass is 19.4. The molecule has 2 heterocycles. The minimum Gasteiger partial charge on any atom is -0.321 e. The Morgan fingerprint density at radius 1 is 1.16 bits per heavy atom. The summed E-state index contributed by atoms with van der Waals surface area (Å²) in [6, 6.07) is 9.44. The molecule has 1 atom stereocenters. The summed E-state index contributed by atoms with van der Waals surface area (Å²) in [6.45, 7) is 1.99. The van der Waals surface area contributed by atoms with Crippen LogP contribution in [0.3, 0.4) is 0 Å². The van der Waals surface area contributed by atoms with Gasteiger partial charge < -0.3 is 10.6 Å². The lowest BCUT2D eigenvalue weighted by Crippen LogP contribution is -2.28. The fraction of sp³-hybridized carbons (Fsp3) is 0.333. The second-order valence-corrected chi connectivity index (χ2v) is 6.05. The molecule has 1 aromatic heterocycles. The minimum absolute atomic E-state index is 0.0615. The maximum Gasteiger partial charge on any atom is 0.417 e. The molecule has 4 nitrogen and oxygen atoms in total. The van der Waals surface area contributed by atoms with Gasteiger partial charge in [-0.3, -0.25) is 9.78 Å². The van der Waals surface area contributed by atoms with Crippen molar-refractivity contribution in [1.82, 2.24) is 10.3 Å². The Balaban J connectivity index is 1.64. The minimum atomic E-state index is -4.47. The molecule has 1 aliphatic rings. The van der Waals surface area contributed by atoms with E-state index in [4.69, 9.17) is 0 Å². The van der Waals surface area contributed by atoms with E-state index in [-0.39, 0.29) is 5.69 Å². The average molecular weight is 349 g/mol. The summed E-state index contributed by atoms with van der Waals surface area (Å²) in [5, 5.41) is 6.01. The lowest BCUT2D eigenvalue weighted by molar-refractivity contribution is -0.137. The van der Waals surface area contributed by atoms with E-state index in [9.17, 15) is 18.0 Å². The normalized spacial score (nSPS) is 18.0. The van der Waals surface area contributed by atoms with Crippen molar-refractivity contribution >= 4 is 11.6 Å². The summed E-state index contributed by atoms with van der Waals surface area (Å²) >= 11 is 0. The summed E-state index contributed by atoms with van der Waals surface area (Å²) in [5.74, 6) is -0.0733. The molecule has 25 heavy (non-hydrogen) atoms. The molecule has 2 N–H and O–H groups in total. The molecule has 1 unspecified atom stereocenters. The highest BCUT2D eigenvalue weighted by Gasteiger charge is 2.30. The molecule has 0 radical (unpaired) electrons. The number of benzene rings is 1. The largest absolute Gasteiger partial charge is 0.417 e. The summed E-state index contributed by atoms with van der Waals surface area (Å²) in [4.78, 5) is 15.7. The molecule has 1 saturated heterocycles. The third-order valence-electron chi connectivity index (χ3n) is 4.26. The molecule has 2 aromatic rings. The molecule has 0 spiro atoms. The lowest BCUT2D eigenvalue weighted by Gasteiger charge is -2.23. The maximum absolute atomic E-state index is 12.5. The topological polar surface area (TPSA) is 54.0 Å². The molecule has 0 bridgehead atoms. The van der Waals surface area contributed by atoms with Crippen LogP contribution < -0.4 is 10.6 Å². The van der Waals surface area contributed by atoms with Crippen LogP contribution in [-0.2, 0) is 6.18 Å². The average Bonchev–Trinajstić information content (AvgIpc) is 2.62. The van der Waals surface area contributed by atoms with Crippen LogP contribution in [0, 0.1) is 0 Å². The first-order valence-corrected chi connectivity index (χ1v) is 8.09. The fourth-order valence-electron chi connectivity index (χ4n) is 2.87. The zero-order valence-electron chi connectivity index (χ0n) is 13.4. The smallest absolute Gasteiger partial charge is 0.321 e. The number of carbonyl (C=O) groups excluding carboxylic acids is 1. The Morgan fingerprint density at radius 3 is 2.48 bits per heavy atom. The standard InChI is InChI=1S/C18H18F3N3O/c19-18(20,21)14-5-8-16(23-11-14)17(25)24-15-6-3-12(4-7-15)13-2-1-9-22-10-13/h3-8,11,13,22H,1-2,9-10H2,(H,24,25). The number of nitrogens with one attached hydrogen (secondary N) is 2. The number of alkyl halides is 3. The van der Waals surface area contributed by atoms with Gasteiger partial charge in [-0.2, -0.15) is 13.2 Å². The van der Waals surface area contributed by atoms with Crippen LogP contribution in [0.25, 0.3) is 0 Å². The number of carbonyl (C=O) groups is 1. The van der Waals surface area contributed by atoms with Crippen molar-refractivity contribution in [1.29, 1.82) is 0 Å². The predicted octanol–water partition coefficient (Wildman–Crippen LogP) is 3.82. The van der Waals surface area contributed by atoms with Gasteiger partial charge in [-0.05, 0) is 55.1 Å². The van der Waals surface area contributed by atoms with Gasteiger partial charge in [-0.25, -0.2) is 0 Å². The van der Waals surface area contributed by atoms with Crippen LogP contribution in [0.2, 0.25) is 0 Å². The molecule has 0 saturated carbocycles. The van der Waals surface area contributed by atoms with Crippen LogP contribution in [-0.4, -0.2) is 24.0 Å². The molecule has 0 aliphatic carbocycles. The second-order valence-electron chi connectivity index (χ2n) is 6.05. The molecule has 1 fully saturated rings. The molecule has 1 aliphatic heterocycles. The maximum atomic E-state index is 12.5. The molecular formula is C18H18F3N3O. The van der Waals surface area contributed by atoms with Crippen molar-refractivity contribution in [2.75, 3.05) is 18.4 Å². The number of anilines is 1. The number of pyridine rings is 1. The van der Waals surface area contributed by atoms with Gasteiger partial charge >= 0.3 is 6.18 Å². The van der Waals surface area contributed by atoms with Gasteiger partial charge in [0.15, 0.2) is 0 Å². The third-order valence-corrected chi connectivity index (χ3v) is 4.26. The van der Waals surface area contributed by atoms with Crippen LogP contribution in [0.1, 0.15) is 40.4 Å². The Labute approximate surface area is 143 Å². The quantitative estimate of drug-likeness (QED) is 0.886. The van der Waals surface area contributed by atoms with Gasteiger partial charge in [-0.1, -0.05) is 12.1 Å². The Hall–Kier alpha value is -2.41. The van der Waals surface area contributed by atoms with E-state index < -0.39 is 17.6 Å². The van der Waals surface area contributed by atoms with Crippen molar-refractivity contribution < 1.29 is 18.0 Å². The first kappa shape index (κ1) is 17.4. The van der Waals surface area contributed by atoms with Crippen LogP contribution in [0.4, 0.5) is 18.9 Å². The van der Waals surface area contributed by atoms with Crippen LogP contribution in [0.15, 0.2) is 42.6 Å². The first-order valence-electron chi connectivity index (χ1n) is 8.09. The number of piperidine rings is 1. The molecule has 1 aromatic carbocycles. The van der Waals surface area contributed by atoms with E-state index in [1.165, 1.54) is 5.56 Å². The van der Waals surface area contributed by atoms with E-state index in [1.54, 1.807) is 12.1 Å². The number of halogens is 3. The van der Waals surface area contributed by atoms with Crippen molar-refractivity contribution in [3.05, 3.63) is 59.4 Å². The van der Waals surface area contributed by atoms with Crippen LogP contribution >= 0.6 is 0 Å². The SMILES string of the molecule is O=C(Nc1ccc(C2CCCNC2)cc1)c1ccc(C(F)(F)F)cn1. The van der Waals surface area contributed by atoms with Gasteiger partial charge in [0, 0.05) is 18.4 Å². The van der Waals surface area contributed by atoms with Crippen molar-refractivity contribution in [2.45, 2.75) is 24.9 Å². The number of amides is 1. The summed E-state index contributed by atoms with van der Waals surface area (Å²) in [6.07, 6.45) is -1.53. The van der Waals surface area contributed by atoms with E-state index in [0.29, 0.717) is 17.8 Å². The highest BCUT2D eigenvalue weighted by Crippen LogP contribution is 2.28. The van der Waals surface area contributed by atoms with Gasteiger partial charge in [0.05, 0.1) is 5.56 Å². The monoisotopic (exact) mass is 349 g/mol. The molecule has 7 heteroatoms. The van der Waals surface area contributed by atoms with E-state index in [1.807, 2.05) is 12.1 Å². The highest BCUT2D eigenvalue weighted by molar-refractivity contribution is 6.02.